The topological polar surface area (TPSA) is 93.7 Å². The highest BCUT2D eigenvalue weighted by Crippen LogP contribution is 2.35. The molecule has 0 spiro atoms. The Labute approximate surface area is 215 Å². The van der Waals surface area contributed by atoms with E-state index in [1.165, 1.54) is 0 Å². The minimum Gasteiger partial charge on any atom is -0.484 e. The number of esters is 1. The van der Waals surface area contributed by atoms with E-state index in [0.29, 0.717) is 21.9 Å². The van der Waals surface area contributed by atoms with Crippen LogP contribution in [0, 0.1) is 34.6 Å². The molecule has 0 radical (unpaired) electrons. The first-order valence-corrected chi connectivity index (χ1v) is 12.5. The van der Waals surface area contributed by atoms with E-state index in [1.54, 1.807) is 26.8 Å². The molecule has 0 aliphatic rings. The first kappa shape index (κ1) is 26.9. The molecule has 0 fully saturated rings. The maximum absolute atomic E-state index is 13.1. The normalized spacial score (nSPS) is 10.8. The minimum absolute atomic E-state index is 0.166. The van der Waals surface area contributed by atoms with Crippen molar-refractivity contribution in [3.05, 3.63) is 74.7 Å². The second-order valence-corrected chi connectivity index (χ2v) is 10.1. The molecule has 2 N–H and O–H groups in total. The van der Waals surface area contributed by atoms with Gasteiger partial charge in [0.15, 0.2) is 6.61 Å². The molecule has 190 valence electrons. The standard InChI is InChI=1S/C28H32N2O5S/c1-15(2)35-28(33)24-20(7)25(26(32)29-22-11-8-16(3)12-19(22)6)36-27(24)30-23(31)14-34-21-10-9-17(4)18(5)13-21/h8-13,15H,14H2,1-7H3,(H,29,32)(H,30,31). The smallest absolute Gasteiger partial charge is 0.341 e. The fourth-order valence-corrected chi connectivity index (χ4v) is 4.69. The summed E-state index contributed by atoms with van der Waals surface area (Å²) >= 11 is 1.03. The van der Waals surface area contributed by atoms with Gasteiger partial charge < -0.3 is 20.1 Å². The predicted octanol–water partition coefficient (Wildman–Crippen LogP) is 6.13. The van der Waals surface area contributed by atoms with Gasteiger partial charge in [-0.1, -0.05) is 23.8 Å². The van der Waals surface area contributed by atoms with Gasteiger partial charge in [0.1, 0.15) is 10.8 Å². The Morgan fingerprint density at radius 1 is 0.889 bits per heavy atom. The molecule has 0 atom stereocenters. The van der Waals surface area contributed by atoms with Crippen LogP contribution in [0.5, 0.6) is 5.75 Å². The van der Waals surface area contributed by atoms with E-state index >= 15 is 0 Å². The molecule has 0 aliphatic heterocycles. The highest BCUT2D eigenvalue weighted by atomic mass is 32.1. The number of benzene rings is 2. The molecular weight excluding hydrogens is 476 g/mol. The van der Waals surface area contributed by atoms with E-state index in [9.17, 15) is 14.4 Å². The van der Waals surface area contributed by atoms with Crippen molar-refractivity contribution in [2.45, 2.75) is 54.6 Å². The number of amides is 2. The number of thiophene rings is 1. The number of carbonyl (C=O) groups excluding carboxylic acids is 3. The van der Waals surface area contributed by atoms with Gasteiger partial charge in [0.2, 0.25) is 0 Å². The maximum Gasteiger partial charge on any atom is 0.341 e. The number of hydrogen-bond acceptors (Lipinski definition) is 6. The van der Waals surface area contributed by atoms with E-state index in [4.69, 9.17) is 9.47 Å². The van der Waals surface area contributed by atoms with Gasteiger partial charge >= 0.3 is 5.97 Å². The Morgan fingerprint density at radius 3 is 2.25 bits per heavy atom. The van der Waals surface area contributed by atoms with Crippen LogP contribution in [0.2, 0.25) is 0 Å². The zero-order valence-corrected chi connectivity index (χ0v) is 22.5. The lowest BCUT2D eigenvalue weighted by Crippen LogP contribution is -2.21. The van der Waals surface area contributed by atoms with Crippen LogP contribution < -0.4 is 15.4 Å². The van der Waals surface area contributed by atoms with E-state index < -0.39 is 11.9 Å². The Kier molecular flexibility index (Phi) is 8.53. The van der Waals surface area contributed by atoms with Crippen LogP contribution in [-0.2, 0) is 9.53 Å². The number of aryl methyl sites for hydroxylation is 4. The van der Waals surface area contributed by atoms with E-state index in [-0.39, 0.29) is 29.2 Å². The number of hydrogen-bond donors (Lipinski definition) is 2. The van der Waals surface area contributed by atoms with Crippen LogP contribution in [-0.4, -0.2) is 30.5 Å². The van der Waals surface area contributed by atoms with Crippen molar-refractivity contribution in [2.75, 3.05) is 17.2 Å². The predicted molar refractivity (Wildman–Crippen MR) is 144 cm³/mol. The van der Waals surface area contributed by atoms with E-state index in [1.807, 2.05) is 58.0 Å². The van der Waals surface area contributed by atoms with Crippen LogP contribution in [0.1, 0.15) is 61.7 Å². The van der Waals surface area contributed by atoms with Gasteiger partial charge in [-0.05, 0) is 88.9 Å². The Hall–Kier alpha value is -3.65. The molecular formula is C28H32N2O5S. The molecule has 0 saturated heterocycles. The molecule has 0 aliphatic carbocycles. The third kappa shape index (κ3) is 6.51. The first-order valence-electron chi connectivity index (χ1n) is 11.7. The van der Waals surface area contributed by atoms with Gasteiger partial charge in [0, 0.05) is 5.69 Å². The average molecular weight is 509 g/mol. The van der Waals surface area contributed by atoms with Crippen LogP contribution in [0.25, 0.3) is 0 Å². The summed E-state index contributed by atoms with van der Waals surface area (Å²) in [7, 11) is 0. The summed E-state index contributed by atoms with van der Waals surface area (Å²) in [4.78, 5) is 39.1. The molecule has 0 saturated carbocycles. The molecule has 1 aromatic heterocycles. The fourth-order valence-electron chi connectivity index (χ4n) is 3.59. The van der Waals surface area contributed by atoms with Gasteiger partial charge in [-0.3, -0.25) is 9.59 Å². The summed E-state index contributed by atoms with van der Waals surface area (Å²) in [6, 6.07) is 11.3. The highest BCUT2D eigenvalue weighted by molar-refractivity contribution is 7.19. The second kappa shape index (κ2) is 11.4. The highest BCUT2D eigenvalue weighted by Gasteiger charge is 2.27. The van der Waals surface area contributed by atoms with Gasteiger partial charge in [-0.25, -0.2) is 4.79 Å². The van der Waals surface area contributed by atoms with Gasteiger partial charge in [0.05, 0.1) is 16.5 Å². The van der Waals surface area contributed by atoms with Crippen LogP contribution in [0.15, 0.2) is 36.4 Å². The van der Waals surface area contributed by atoms with Gasteiger partial charge in [-0.2, -0.15) is 0 Å². The lowest BCUT2D eigenvalue weighted by atomic mass is 10.1. The van der Waals surface area contributed by atoms with E-state index in [0.717, 1.165) is 33.6 Å². The average Bonchev–Trinajstić information content (AvgIpc) is 3.11. The summed E-state index contributed by atoms with van der Waals surface area (Å²) < 4.78 is 11.0. The molecule has 0 bridgehead atoms. The molecule has 3 aromatic rings. The number of nitrogens with one attached hydrogen (secondary N) is 2. The summed E-state index contributed by atoms with van der Waals surface area (Å²) in [6.07, 6.45) is -0.360. The molecule has 3 rings (SSSR count). The zero-order chi connectivity index (χ0) is 26.6. The molecule has 36 heavy (non-hydrogen) atoms. The number of anilines is 2. The fraction of sp³-hybridized carbons (Fsp3) is 0.321. The number of rotatable bonds is 8. The van der Waals surface area contributed by atoms with Crippen molar-refractivity contribution in [2.24, 2.45) is 0 Å². The second-order valence-electron chi connectivity index (χ2n) is 9.07. The molecule has 7 nitrogen and oxygen atoms in total. The van der Waals surface area contributed by atoms with Crippen LogP contribution in [0.4, 0.5) is 10.7 Å². The number of carbonyl (C=O) groups is 3. The Bertz CT molecular complexity index is 1310. The third-order valence-electron chi connectivity index (χ3n) is 5.63. The van der Waals surface area contributed by atoms with Crippen molar-refractivity contribution >= 4 is 39.8 Å². The van der Waals surface area contributed by atoms with Gasteiger partial charge in [0.25, 0.3) is 11.8 Å². The van der Waals surface area contributed by atoms with Crippen molar-refractivity contribution in [1.82, 2.24) is 0 Å². The molecule has 1 heterocycles. The van der Waals surface area contributed by atoms with Crippen molar-refractivity contribution in [1.29, 1.82) is 0 Å². The summed E-state index contributed by atoms with van der Waals surface area (Å²) in [5, 5.41) is 5.89. The van der Waals surface area contributed by atoms with Crippen LogP contribution >= 0.6 is 11.3 Å². The van der Waals surface area contributed by atoms with Crippen molar-refractivity contribution in [3.63, 3.8) is 0 Å². The quantitative estimate of drug-likeness (QED) is 0.357. The third-order valence-corrected chi connectivity index (χ3v) is 6.84. The molecule has 2 amide bonds. The monoisotopic (exact) mass is 508 g/mol. The van der Waals surface area contributed by atoms with E-state index in [2.05, 4.69) is 10.6 Å². The summed E-state index contributed by atoms with van der Waals surface area (Å²) in [5.74, 6) is -0.845. The summed E-state index contributed by atoms with van der Waals surface area (Å²) in [5.41, 5.74) is 5.48. The maximum atomic E-state index is 13.1. The van der Waals surface area contributed by atoms with Gasteiger partial charge in [-0.15, -0.1) is 11.3 Å². The van der Waals surface area contributed by atoms with Crippen LogP contribution in [0.3, 0.4) is 0 Å². The first-order chi connectivity index (χ1) is 17.0. The molecule has 0 unspecified atom stereocenters. The SMILES string of the molecule is Cc1ccc(NC(=O)c2sc(NC(=O)COc3ccc(C)c(C)c3)c(C(=O)OC(C)C)c2C)c(C)c1. The lowest BCUT2D eigenvalue weighted by molar-refractivity contribution is -0.118. The lowest BCUT2D eigenvalue weighted by Gasteiger charge is -2.11. The Morgan fingerprint density at radius 2 is 1.61 bits per heavy atom. The molecule has 2 aromatic carbocycles. The van der Waals surface area contributed by atoms with Crippen molar-refractivity contribution < 1.29 is 23.9 Å². The molecule has 8 heteroatoms. The Balaban J connectivity index is 1.84. The number of ether oxygens (including phenoxy) is 2. The summed E-state index contributed by atoms with van der Waals surface area (Å²) in [6.45, 7) is 12.8. The van der Waals surface area contributed by atoms with Crippen molar-refractivity contribution in [3.8, 4) is 5.75 Å². The minimum atomic E-state index is -0.602. The zero-order valence-electron chi connectivity index (χ0n) is 21.7. The largest absolute Gasteiger partial charge is 0.484 e.